The first-order valence-corrected chi connectivity index (χ1v) is 10.6. The zero-order valence-corrected chi connectivity index (χ0v) is 18.0. The summed E-state index contributed by atoms with van der Waals surface area (Å²) in [4.78, 5) is 14.4. The van der Waals surface area contributed by atoms with E-state index in [2.05, 4.69) is 31.4 Å². The van der Waals surface area contributed by atoms with Crippen LogP contribution in [-0.4, -0.2) is 20.1 Å². The quantitative estimate of drug-likeness (QED) is 0.779. The van der Waals surface area contributed by atoms with E-state index in [0.717, 1.165) is 35.4 Å². The molecule has 0 fully saturated rings. The Kier molecular flexibility index (Phi) is 4.78. The van der Waals surface area contributed by atoms with Gasteiger partial charge < -0.3 is 20.1 Å². The van der Waals surface area contributed by atoms with E-state index in [1.807, 2.05) is 18.2 Å². The van der Waals surface area contributed by atoms with E-state index in [-0.39, 0.29) is 17.5 Å². The summed E-state index contributed by atoms with van der Waals surface area (Å²) in [5.41, 5.74) is 3.22. The fourth-order valence-corrected chi connectivity index (χ4v) is 5.69. The highest BCUT2D eigenvalue weighted by atomic mass is 32.1. The van der Waals surface area contributed by atoms with Gasteiger partial charge in [-0.05, 0) is 42.2 Å². The summed E-state index contributed by atoms with van der Waals surface area (Å²) in [7, 11) is 3.24. The van der Waals surface area contributed by atoms with Crippen LogP contribution < -0.4 is 20.1 Å². The molecule has 2 N–H and O–H groups in total. The van der Waals surface area contributed by atoms with Crippen LogP contribution in [-0.2, 0) is 12.8 Å². The van der Waals surface area contributed by atoms with Gasteiger partial charge >= 0.3 is 0 Å². The fourth-order valence-electron chi connectivity index (χ4n) is 4.33. The SMILES string of the molecule is COc1cccc(C2NC(=O)c3c(sc4c3CCC(C(C)(C)C)C4)N2)c1OC. The van der Waals surface area contributed by atoms with Crippen molar-refractivity contribution in [2.24, 2.45) is 11.3 Å². The molecule has 0 radical (unpaired) electrons. The number of methoxy groups -OCH3 is 2. The molecule has 150 valence electrons. The largest absolute Gasteiger partial charge is 0.493 e. The van der Waals surface area contributed by atoms with Crippen LogP contribution in [0.25, 0.3) is 0 Å². The molecule has 2 aliphatic rings. The van der Waals surface area contributed by atoms with E-state index >= 15 is 0 Å². The zero-order valence-electron chi connectivity index (χ0n) is 17.1. The smallest absolute Gasteiger partial charge is 0.256 e. The minimum absolute atomic E-state index is 0.00432. The van der Waals surface area contributed by atoms with Crippen LogP contribution in [0.3, 0.4) is 0 Å². The van der Waals surface area contributed by atoms with Crippen LogP contribution in [0.2, 0.25) is 0 Å². The number of ether oxygens (including phenoxy) is 2. The third-order valence-corrected chi connectivity index (χ3v) is 7.20. The average Bonchev–Trinajstić information content (AvgIpc) is 3.04. The van der Waals surface area contributed by atoms with Crippen molar-refractivity contribution in [2.45, 2.75) is 46.2 Å². The molecule has 0 saturated heterocycles. The molecule has 0 bridgehead atoms. The highest BCUT2D eigenvalue weighted by Crippen LogP contribution is 2.47. The molecule has 2 aromatic rings. The van der Waals surface area contributed by atoms with Crippen molar-refractivity contribution >= 4 is 22.2 Å². The normalized spacial score (nSPS) is 21.2. The number of benzene rings is 1. The van der Waals surface area contributed by atoms with Crippen LogP contribution in [0.1, 0.15) is 59.7 Å². The number of nitrogens with one attached hydrogen (secondary N) is 2. The predicted octanol–water partition coefficient (Wildman–Crippen LogP) is 4.77. The first-order valence-electron chi connectivity index (χ1n) is 9.76. The molecule has 0 saturated carbocycles. The molecule has 28 heavy (non-hydrogen) atoms. The highest BCUT2D eigenvalue weighted by molar-refractivity contribution is 7.16. The van der Waals surface area contributed by atoms with Gasteiger partial charge in [-0.3, -0.25) is 4.79 Å². The van der Waals surface area contributed by atoms with Gasteiger partial charge in [-0.25, -0.2) is 0 Å². The van der Waals surface area contributed by atoms with E-state index < -0.39 is 0 Å². The summed E-state index contributed by atoms with van der Waals surface area (Å²) < 4.78 is 11.0. The van der Waals surface area contributed by atoms with Gasteiger partial charge in [-0.15, -0.1) is 11.3 Å². The molecule has 6 heteroatoms. The summed E-state index contributed by atoms with van der Waals surface area (Å²) in [5, 5.41) is 7.62. The summed E-state index contributed by atoms with van der Waals surface area (Å²) in [6, 6.07) is 5.72. The maximum Gasteiger partial charge on any atom is 0.256 e. The third kappa shape index (κ3) is 3.13. The number of fused-ring (bicyclic) bond motifs is 3. The minimum atomic E-state index is -0.344. The van der Waals surface area contributed by atoms with Gasteiger partial charge in [0, 0.05) is 10.4 Å². The fraction of sp³-hybridized carbons (Fsp3) is 0.500. The minimum Gasteiger partial charge on any atom is -0.493 e. The monoisotopic (exact) mass is 400 g/mol. The molecule has 1 aromatic heterocycles. The maximum absolute atomic E-state index is 13.0. The van der Waals surface area contributed by atoms with Gasteiger partial charge in [0.1, 0.15) is 11.2 Å². The number of carbonyl (C=O) groups is 1. The second-order valence-corrected chi connectivity index (χ2v) is 9.75. The number of hydrogen-bond donors (Lipinski definition) is 2. The van der Waals surface area contributed by atoms with Gasteiger partial charge in [0.2, 0.25) is 0 Å². The first-order chi connectivity index (χ1) is 13.3. The lowest BCUT2D eigenvalue weighted by atomic mass is 9.72. The maximum atomic E-state index is 13.0. The van der Waals surface area contributed by atoms with Crippen LogP contribution in [0, 0.1) is 11.3 Å². The van der Waals surface area contributed by atoms with E-state index in [4.69, 9.17) is 9.47 Å². The second-order valence-electron chi connectivity index (χ2n) is 8.65. The van der Waals surface area contributed by atoms with Gasteiger partial charge in [0.15, 0.2) is 11.5 Å². The molecule has 5 nitrogen and oxygen atoms in total. The zero-order chi connectivity index (χ0) is 20.1. The number of amides is 1. The molecule has 1 aromatic carbocycles. The molecule has 1 aliphatic carbocycles. The highest BCUT2D eigenvalue weighted by Gasteiger charge is 2.37. The molecule has 4 rings (SSSR count). The molecule has 1 amide bonds. The number of rotatable bonds is 3. The Morgan fingerprint density at radius 1 is 1.14 bits per heavy atom. The van der Waals surface area contributed by atoms with Crippen molar-refractivity contribution in [3.8, 4) is 11.5 Å². The summed E-state index contributed by atoms with van der Waals surface area (Å²) in [6.07, 6.45) is 2.83. The van der Waals surface area contributed by atoms with E-state index in [9.17, 15) is 4.79 Å². The number of carbonyl (C=O) groups excluding carboxylic acids is 1. The standard InChI is InChI=1S/C22H28N2O3S/c1-22(2,3)12-9-10-13-16(11-12)28-21-17(13)20(25)23-19(24-21)14-7-6-8-15(26-4)18(14)27-5/h6-8,12,19,24H,9-11H2,1-5H3,(H,23,25). The van der Waals surface area contributed by atoms with Crippen LogP contribution >= 0.6 is 11.3 Å². The molecular formula is C22H28N2O3S. The van der Waals surface area contributed by atoms with Crippen LogP contribution in [0.4, 0.5) is 5.00 Å². The molecule has 1 aliphatic heterocycles. The Morgan fingerprint density at radius 3 is 2.61 bits per heavy atom. The molecule has 2 unspecified atom stereocenters. The van der Waals surface area contributed by atoms with Crippen LogP contribution in [0.5, 0.6) is 11.5 Å². The van der Waals surface area contributed by atoms with Crippen molar-refractivity contribution in [3.63, 3.8) is 0 Å². The Morgan fingerprint density at radius 2 is 1.93 bits per heavy atom. The second kappa shape index (κ2) is 6.99. The van der Waals surface area contributed by atoms with Gasteiger partial charge in [0.25, 0.3) is 5.91 Å². The van der Waals surface area contributed by atoms with Crippen molar-refractivity contribution < 1.29 is 14.3 Å². The summed E-state index contributed by atoms with van der Waals surface area (Å²) in [6.45, 7) is 6.94. The lowest BCUT2D eigenvalue weighted by Gasteiger charge is -2.34. The van der Waals surface area contributed by atoms with Crippen LogP contribution in [0.15, 0.2) is 18.2 Å². The van der Waals surface area contributed by atoms with Crippen molar-refractivity contribution in [3.05, 3.63) is 39.8 Å². The van der Waals surface area contributed by atoms with E-state index in [1.54, 1.807) is 25.6 Å². The first kappa shape index (κ1) is 19.1. The number of hydrogen-bond acceptors (Lipinski definition) is 5. The van der Waals surface area contributed by atoms with Gasteiger partial charge in [-0.2, -0.15) is 0 Å². The summed E-state index contributed by atoms with van der Waals surface area (Å²) >= 11 is 1.74. The number of para-hydroxylation sites is 1. The Bertz CT molecular complexity index is 913. The average molecular weight is 401 g/mol. The van der Waals surface area contributed by atoms with Crippen molar-refractivity contribution in [1.82, 2.24) is 5.32 Å². The molecule has 2 atom stereocenters. The third-order valence-electron chi connectivity index (χ3n) is 6.01. The predicted molar refractivity (Wildman–Crippen MR) is 113 cm³/mol. The Balaban J connectivity index is 1.68. The lowest BCUT2D eigenvalue weighted by molar-refractivity contribution is 0.0934. The Labute approximate surface area is 170 Å². The van der Waals surface area contributed by atoms with E-state index in [0.29, 0.717) is 17.4 Å². The Hall–Kier alpha value is -2.21. The topological polar surface area (TPSA) is 59.6 Å². The molecular weight excluding hydrogens is 372 g/mol. The summed E-state index contributed by atoms with van der Waals surface area (Å²) in [5.74, 6) is 1.94. The molecule has 0 spiro atoms. The van der Waals surface area contributed by atoms with Crippen molar-refractivity contribution in [2.75, 3.05) is 19.5 Å². The van der Waals surface area contributed by atoms with Gasteiger partial charge in [0.05, 0.1) is 19.8 Å². The number of thiophene rings is 1. The lowest BCUT2D eigenvalue weighted by Crippen LogP contribution is -2.38. The number of anilines is 1. The molecule has 2 heterocycles. The van der Waals surface area contributed by atoms with Gasteiger partial charge in [-0.1, -0.05) is 32.9 Å². The van der Waals surface area contributed by atoms with Crippen molar-refractivity contribution in [1.29, 1.82) is 0 Å². The van der Waals surface area contributed by atoms with E-state index in [1.165, 1.54) is 10.4 Å².